The highest BCUT2D eigenvalue weighted by molar-refractivity contribution is 7.10. The van der Waals surface area contributed by atoms with Crippen molar-refractivity contribution in [2.45, 2.75) is 13.0 Å². The summed E-state index contributed by atoms with van der Waals surface area (Å²) in [6.45, 7) is 5.80. The summed E-state index contributed by atoms with van der Waals surface area (Å²) in [6, 6.07) is 12.7. The van der Waals surface area contributed by atoms with Gasteiger partial charge in [0.05, 0.1) is 48.0 Å². The van der Waals surface area contributed by atoms with Gasteiger partial charge in [0.2, 0.25) is 0 Å². The Labute approximate surface area is 201 Å². The number of morpholine rings is 1. The van der Waals surface area contributed by atoms with E-state index in [0.29, 0.717) is 37.6 Å². The first-order valence-electron chi connectivity index (χ1n) is 11.3. The van der Waals surface area contributed by atoms with Gasteiger partial charge >= 0.3 is 0 Å². The molecule has 34 heavy (non-hydrogen) atoms. The molecule has 3 aromatic rings. The fourth-order valence-electron chi connectivity index (χ4n) is 4.54. The molecule has 5 rings (SSSR count). The third-order valence-electron chi connectivity index (χ3n) is 6.38. The van der Waals surface area contributed by atoms with Crippen molar-refractivity contribution in [3.05, 3.63) is 75.7 Å². The fraction of sp³-hybridized carbons (Fsp3) is 0.320. The minimum Gasteiger partial charge on any atom is -0.507 e. The second kappa shape index (κ2) is 9.54. The molecule has 4 heterocycles. The summed E-state index contributed by atoms with van der Waals surface area (Å²) in [5, 5.41) is 17.7. The van der Waals surface area contributed by atoms with Gasteiger partial charge in [-0.05, 0) is 30.5 Å². The smallest absolute Gasteiger partial charge is 0.295 e. The van der Waals surface area contributed by atoms with Crippen LogP contribution in [0.2, 0.25) is 0 Å². The number of nitrogens with zero attached hydrogens (tertiary/aromatic N) is 4. The molecule has 8 nitrogen and oxygen atoms in total. The SMILES string of the molecule is Cc1c(/C(O)=C2\C(=O)C(=O)N(CCN3CCOCC3)C2c2cccs2)cnn1-c1ccccc1. The molecule has 176 valence electrons. The van der Waals surface area contributed by atoms with Crippen LogP contribution in [0.25, 0.3) is 11.4 Å². The van der Waals surface area contributed by atoms with E-state index in [9.17, 15) is 14.7 Å². The van der Waals surface area contributed by atoms with Crippen molar-refractivity contribution in [2.75, 3.05) is 39.4 Å². The molecule has 2 aliphatic rings. The molecule has 1 aromatic carbocycles. The number of hydrogen-bond acceptors (Lipinski definition) is 7. The zero-order valence-electron chi connectivity index (χ0n) is 18.9. The number of Topliss-reactive ketones (excluding diaryl/α,β-unsaturated/α-hetero) is 1. The summed E-state index contributed by atoms with van der Waals surface area (Å²) in [5.41, 5.74) is 2.09. The van der Waals surface area contributed by atoms with E-state index in [1.165, 1.54) is 11.3 Å². The fourth-order valence-corrected chi connectivity index (χ4v) is 5.39. The summed E-state index contributed by atoms with van der Waals surface area (Å²) in [6.07, 6.45) is 1.55. The predicted molar refractivity (Wildman–Crippen MR) is 129 cm³/mol. The van der Waals surface area contributed by atoms with Crippen LogP contribution in [0.3, 0.4) is 0 Å². The summed E-state index contributed by atoms with van der Waals surface area (Å²) in [4.78, 5) is 31.0. The Bertz CT molecular complexity index is 1210. The van der Waals surface area contributed by atoms with E-state index in [0.717, 1.165) is 23.7 Å². The summed E-state index contributed by atoms with van der Waals surface area (Å²) in [5.74, 6) is -1.43. The Balaban J connectivity index is 1.52. The van der Waals surface area contributed by atoms with Crippen molar-refractivity contribution in [1.29, 1.82) is 0 Å². The van der Waals surface area contributed by atoms with Crippen molar-refractivity contribution in [2.24, 2.45) is 0 Å². The van der Waals surface area contributed by atoms with Gasteiger partial charge in [0.15, 0.2) is 0 Å². The third-order valence-corrected chi connectivity index (χ3v) is 7.30. The van der Waals surface area contributed by atoms with Crippen molar-refractivity contribution >= 4 is 28.8 Å². The van der Waals surface area contributed by atoms with Gasteiger partial charge in [-0.1, -0.05) is 24.3 Å². The number of carbonyl (C=O) groups is 2. The van der Waals surface area contributed by atoms with E-state index in [4.69, 9.17) is 4.74 Å². The number of ether oxygens (including phenoxy) is 1. The van der Waals surface area contributed by atoms with Crippen molar-refractivity contribution in [1.82, 2.24) is 19.6 Å². The summed E-state index contributed by atoms with van der Waals surface area (Å²) < 4.78 is 7.12. The van der Waals surface area contributed by atoms with Gasteiger partial charge in [-0.2, -0.15) is 5.10 Å². The number of ketones is 1. The first kappa shape index (κ1) is 22.5. The highest BCUT2D eigenvalue weighted by Gasteiger charge is 2.46. The molecule has 0 radical (unpaired) electrons. The molecule has 2 fully saturated rings. The van der Waals surface area contributed by atoms with E-state index in [2.05, 4.69) is 10.00 Å². The lowest BCUT2D eigenvalue weighted by atomic mass is 10.00. The molecular formula is C25H26N4O4S. The molecule has 1 atom stereocenters. The Hall–Kier alpha value is -3.27. The minimum absolute atomic E-state index is 0.116. The number of aromatic nitrogens is 2. The first-order chi connectivity index (χ1) is 16.6. The maximum absolute atomic E-state index is 13.2. The lowest BCUT2D eigenvalue weighted by molar-refractivity contribution is -0.140. The third kappa shape index (κ3) is 4.06. The van der Waals surface area contributed by atoms with E-state index in [1.807, 2.05) is 54.8 Å². The zero-order chi connectivity index (χ0) is 23.7. The van der Waals surface area contributed by atoms with Gasteiger partial charge in [0, 0.05) is 31.1 Å². The van der Waals surface area contributed by atoms with Crippen molar-refractivity contribution in [3.63, 3.8) is 0 Å². The lowest BCUT2D eigenvalue weighted by Crippen LogP contribution is -2.42. The van der Waals surface area contributed by atoms with E-state index >= 15 is 0 Å². The quantitative estimate of drug-likeness (QED) is 0.333. The Morgan fingerprint density at radius 1 is 1.12 bits per heavy atom. The zero-order valence-corrected chi connectivity index (χ0v) is 19.7. The topological polar surface area (TPSA) is 87.9 Å². The number of likely N-dealkylation sites (tertiary alicyclic amines) is 1. The Kier molecular flexibility index (Phi) is 6.32. The first-order valence-corrected chi connectivity index (χ1v) is 12.2. The van der Waals surface area contributed by atoms with E-state index < -0.39 is 17.7 Å². The molecule has 9 heteroatoms. The molecular weight excluding hydrogens is 452 g/mol. The molecule has 1 N–H and O–H groups in total. The number of thiophene rings is 1. The monoisotopic (exact) mass is 478 g/mol. The van der Waals surface area contributed by atoms with Gasteiger partial charge < -0.3 is 14.7 Å². The van der Waals surface area contributed by atoms with E-state index in [1.54, 1.807) is 15.8 Å². The largest absolute Gasteiger partial charge is 0.507 e. The van der Waals surface area contributed by atoms with Crippen LogP contribution in [0.4, 0.5) is 0 Å². The molecule has 0 bridgehead atoms. The van der Waals surface area contributed by atoms with Crippen LogP contribution in [0.1, 0.15) is 22.2 Å². The van der Waals surface area contributed by atoms with E-state index in [-0.39, 0.29) is 11.3 Å². The van der Waals surface area contributed by atoms with Gasteiger partial charge in [0.25, 0.3) is 11.7 Å². The molecule has 2 aliphatic heterocycles. The van der Waals surface area contributed by atoms with Crippen LogP contribution in [0, 0.1) is 6.92 Å². The highest BCUT2D eigenvalue weighted by atomic mass is 32.1. The van der Waals surface area contributed by atoms with Crippen LogP contribution in [-0.4, -0.2) is 75.8 Å². The van der Waals surface area contributed by atoms with Gasteiger partial charge in [0.1, 0.15) is 5.76 Å². The number of amides is 1. The van der Waals surface area contributed by atoms with Crippen molar-refractivity contribution in [3.8, 4) is 5.69 Å². The predicted octanol–water partition coefficient (Wildman–Crippen LogP) is 3.00. The van der Waals surface area contributed by atoms with Gasteiger partial charge in [-0.3, -0.25) is 14.5 Å². The van der Waals surface area contributed by atoms with Gasteiger partial charge in [-0.15, -0.1) is 11.3 Å². The molecule has 0 spiro atoms. The maximum atomic E-state index is 13.2. The number of carbonyl (C=O) groups excluding carboxylic acids is 2. The molecule has 1 amide bonds. The minimum atomic E-state index is -0.662. The second-order valence-corrected chi connectivity index (χ2v) is 9.33. The average molecular weight is 479 g/mol. The number of para-hydroxylation sites is 1. The lowest BCUT2D eigenvalue weighted by Gasteiger charge is -2.30. The van der Waals surface area contributed by atoms with Crippen LogP contribution < -0.4 is 0 Å². The molecule has 2 saturated heterocycles. The summed E-state index contributed by atoms with van der Waals surface area (Å²) in [7, 11) is 0. The summed E-state index contributed by atoms with van der Waals surface area (Å²) >= 11 is 1.47. The Morgan fingerprint density at radius 3 is 2.59 bits per heavy atom. The molecule has 0 saturated carbocycles. The second-order valence-electron chi connectivity index (χ2n) is 8.35. The van der Waals surface area contributed by atoms with Gasteiger partial charge in [-0.25, -0.2) is 4.68 Å². The van der Waals surface area contributed by atoms with Crippen LogP contribution in [0.5, 0.6) is 0 Å². The normalized spacial score (nSPS) is 20.9. The number of benzene rings is 1. The van der Waals surface area contributed by atoms with Crippen LogP contribution >= 0.6 is 11.3 Å². The number of aliphatic hydroxyl groups excluding tert-OH is 1. The highest BCUT2D eigenvalue weighted by Crippen LogP contribution is 2.41. The maximum Gasteiger partial charge on any atom is 0.295 e. The number of aliphatic hydroxyl groups is 1. The van der Waals surface area contributed by atoms with Crippen molar-refractivity contribution < 1.29 is 19.4 Å². The molecule has 1 unspecified atom stereocenters. The van der Waals surface area contributed by atoms with Crippen LogP contribution in [0.15, 0.2) is 59.6 Å². The number of hydrogen-bond donors (Lipinski definition) is 1. The molecule has 0 aliphatic carbocycles. The molecule has 2 aromatic heterocycles. The Morgan fingerprint density at radius 2 is 1.88 bits per heavy atom. The average Bonchev–Trinajstić information content (AvgIpc) is 3.58. The van der Waals surface area contributed by atoms with Crippen LogP contribution in [-0.2, 0) is 14.3 Å². The number of rotatable bonds is 6. The standard InChI is InChI=1S/C25H26N4O4S/c1-17-19(16-26-29(17)18-6-3-2-4-7-18)23(30)21-22(20-8-5-15-34-20)28(25(32)24(21)31)10-9-27-11-13-33-14-12-27/h2-8,15-16,22,30H,9-14H2,1H3/b23-21+.